The number of nitrogens with zero attached hydrogens (tertiary/aromatic N) is 2. The van der Waals surface area contributed by atoms with Gasteiger partial charge in [-0.15, -0.1) is 0 Å². The maximum absolute atomic E-state index is 12.5. The topological polar surface area (TPSA) is 47.0 Å². The molecule has 0 amide bonds. The van der Waals surface area contributed by atoms with Crippen LogP contribution in [0.5, 0.6) is 5.75 Å². The van der Waals surface area contributed by atoms with E-state index in [1.54, 1.807) is 7.11 Å². The summed E-state index contributed by atoms with van der Waals surface area (Å²) in [5, 5.41) is 2.85. The Kier molecular flexibility index (Phi) is 4.62. The standard InChI is InChI=1S/C14H14F3N3O/c1-21-11-4-2-3-10(7-11)5-6-18-13-8-12(14(15,16)17)19-9-20-13/h2-4,7-9H,5-6H2,1H3,(H,18,19,20). The summed E-state index contributed by atoms with van der Waals surface area (Å²) in [6.07, 6.45) is -2.93. The molecule has 0 radical (unpaired) electrons. The van der Waals surface area contributed by atoms with Gasteiger partial charge in [-0.3, -0.25) is 0 Å². The number of hydrogen-bond acceptors (Lipinski definition) is 4. The lowest BCUT2D eigenvalue weighted by Gasteiger charge is -2.09. The molecule has 0 atom stereocenters. The van der Waals surface area contributed by atoms with Crippen LogP contribution in [0.1, 0.15) is 11.3 Å². The third-order valence-electron chi connectivity index (χ3n) is 2.81. The van der Waals surface area contributed by atoms with Crippen LogP contribution in [0.3, 0.4) is 0 Å². The molecule has 0 aliphatic heterocycles. The van der Waals surface area contributed by atoms with Crippen molar-refractivity contribution in [2.45, 2.75) is 12.6 Å². The number of anilines is 1. The number of alkyl halides is 3. The molecule has 0 aliphatic carbocycles. The lowest BCUT2D eigenvalue weighted by Crippen LogP contribution is -2.11. The summed E-state index contributed by atoms with van der Waals surface area (Å²) in [7, 11) is 1.58. The van der Waals surface area contributed by atoms with Crippen molar-refractivity contribution in [2.75, 3.05) is 19.0 Å². The van der Waals surface area contributed by atoms with Crippen molar-refractivity contribution in [1.29, 1.82) is 0 Å². The van der Waals surface area contributed by atoms with Gasteiger partial charge in [0.05, 0.1) is 7.11 Å². The number of hydrogen-bond donors (Lipinski definition) is 1. The van der Waals surface area contributed by atoms with Crippen molar-refractivity contribution in [3.63, 3.8) is 0 Å². The Morgan fingerprint density at radius 2 is 2.00 bits per heavy atom. The van der Waals surface area contributed by atoms with Crippen LogP contribution in [0.2, 0.25) is 0 Å². The highest BCUT2D eigenvalue weighted by Gasteiger charge is 2.32. The van der Waals surface area contributed by atoms with Gasteiger partial charge in [-0.2, -0.15) is 13.2 Å². The molecule has 21 heavy (non-hydrogen) atoms. The molecule has 0 bridgehead atoms. The normalized spacial score (nSPS) is 11.2. The van der Waals surface area contributed by atoms with E-state index in [0.29, 0.717) is 13.0 Å². The first-order valence-electron chi connectivity index (χ1n) is 6.25. The highest BCUT2D eigenvalue weighted by Crippen LogP contribution is 2.28. The van der Waals surface area contributed by atoms with Crippen LogP contribution in [-0.2, 0) is 12.6 Å². The van der Waals surface area contributed by atoms with Crippen LogP contribution in [0.15, 0.2) is 36.7 Å². The lowest BCUT2D eigenvalue weighted by molar-refractivity contribution is -0.141. The molecule has 0 saturated heterocycles. The molecule has 1 heterocycles. The van der Waals surface area contributed by atoms with Gasteiger partial charge in [-0.1, -0.05) is 12.1 Å². The summed E-state index contributed by atoms with van der Waals surface area (Å²) in [5.74, 6) is 0.897. The van der Waals surface area contributed by atoms with E-state index in [9.17, 15) is 13.2 Å². The molecule has 1 N–H and O–H groups in total. The number of benzene rings is 1. The lowest BCUT2D eigenvalue weighted by atomic mass is 10.1. The molecule has 0 saturated carbocycles. The summed E-state index contributed by atoms with van der Waals surface area (Å²) >= 11 is 0. The van der Waals surface area contributed by atoms with E-state index < -0.39 is 11.9 Å². The number of methoxy groups -OCH3 is 1. The molecule has 112 valence electrons. The van der Waals surface area contributed by atoms with Crippen molar-refractivity contribution in [3.05, 3.63) is 47.9 Å². The quantitative estimate of drug-likeness (QED) is 0.921. The Labute approximate surface area is 120 Å². The fourth-order valence-corrected chi connectivity index (χ4v) is 1.77. The van der Waals surface area contributed by atoms with E-state index in [1.807, 2.05) is 24.3 Å². The van der Waals surface area contributed by atoms with Crippen LogP contribution in [0.4, 0.5) is 19.0 Å². The second-order valence-electron chi connectivity index (χ2n) is 4.31. The molecule has 0 aliphatic rings. The Morgan fingerprint density at radius 1 is 1.19 bits per heavy atom. The predicted molar refractivity (Wildman–Crippen MR) is 72.2 cm³/mol. The molecule has 1 aromatic heterocycles. The monoisotopic (exact) mass is 297 g/mol. The number of rotatable bonds is 5. The van der Waals surface area contributed by atoms with Crippen LogP contribution in [0.25, 0.3) is 0 Å². The minimum Gasteiger partial charge on any atom is -0.497 e. The first-order valence-corrected chi connectivity index (χ1v) is 6.25. The van der Waals surface area contributed by atoms with E-state index >= 15 is 0 Å². The Balaban J connectivity index is 1.94. The zero-order valence-corrected chi connectivity index (χ0v) is 11.3. The second-order valence-corrected chi connectivity index (χ2v) is 4.31. The number of aromatic nitrogens is 2. The average Bonchev–Trinajstić information content (AvgIpc) is 2.47. The van der Waals surface area contributed by atoms with Crippen molar-refractivity contribution in [1.82, 2.24) is 9.97 Å². The van der Waals surface area contributed by atoms with E-state index in [2.05, 4.69) is 15.3 Å². The largest absolute Gasteiger partial charge is 0.497 e. The SMILES string of the molecule is COc1cccc(CCNc2cc(C(F)(F)F)ncn2)c1. The van der Waals surface area contributed by atoms with Crippen molar-refractivity contribution in [3.8, 4) is 5.75 Å². The smallest absolute Gasteiger partial charge is 0.433 e. The molecule has 0 fully saturated rings. The molecule has 4 nitrogen and oxygen atoms in total. The van der Waals surface area contributed by atoms with Crippen LogP contribution >= 0.6 is 0 Å². The summed E-state index contributed by atoms with van der Waals surface area (Å²) in [6, 6.07) is 8.39. The molecule has 1 aromatic carbocycles. The summed E-state index contributed by atoms with van der Waals surface area (Å²) in [5.41, 5.74) is 0.0633. The van der Waals surface area contributed by atoms with Gasteiger partial charge in [0.2, 0.25) is 0 Å². The number of halogens is 3. The van der Waals surface area contributed by atoms with E-state index in [0.717, 1.165) is 23.7 Å². The minimum atomic E-state index is -4.47. The van der Waals surface area contributed by atoms with Gasteiger partial charge < -0.3 is 10.1 Å². The predicted octanol–water partition coefficient (Wildman–Crippen LogP) is 3.16. The average molecular weight is 297 g/mol. The summed E-state index contributed by atoms with van der Waals surface area (Å²) in [4.78, 5) is 6.98. The van der Waals surface area contributed by atoms with Gasteiger partial charge in [-0.05, 0) is 24.1 Å². The van der Waals surface area contributed by atoms with Gasteiger partial charge >= 0.3 is 6.18 Å². The van der Waals surface area contributed by atoms with E-state index in [1.165, 1.54) is 0 Å². The molecule has 0 unspecified atom stereocenters. The van der Waals surface area contributed by atoms with Gasteiger partial charge in [0, 0.05) is 12.6 Å². The zero-order valence-electron chi connectivity index (χ0n) is 11.3. The fraction of sp³-hybridized carbons (Fsp3) is 0.286. The van der Waals surface area contributed by atoms with Crippen molar-refractivity contribution >= 4 is 5.82 Å². The Hall–Kier alpha value is -2.31. The molecule has 0 spiro atoms. The van der Waals surface area contributed by atoms with Gasteiger partial charge in [0.15, 0.2) is 0 Å². The third-order valence-corrected chi connectivity index (χ3v) is 2.81. The van der Waals surface area contributed by atoms with Gasteiger partial charge in [0.1, 0.15) is 23.6 Å². The van der Waals surface area contributed by atoms with Crippen LogP contribution < -0.4 is 10.1 Å². The van der Waals surface area contributed by atoms with E-state index in [4.69, 9.17) is 4.74 Å². The Bertz CT molecular complexity index is 602. The minimum absolute atomic E-state index is 0.153. The second kappa shape index (κ2) is 6.43. The maximum atomic E-state index is 12.5. The molecule has 7 heteroatoms. The molecular weight excluding hydrogens is 283 g/mol. The Morgan fingerprint density at radius 3 is 2.71 bits per heavy atom. The molecular formula is C14H14F3N3O. The fourth-order valence-electron chi connectivity index (χ4n) is 1.77. The summed E-state index contributed by atoms with van der Waals surface area (Å²) < 4.78 is 42.6. The van der Waals surface area contributed by atoms with Crippen molar-refractivity contribution in [2.24, 2.45) is 0 Å². The zero-order chi connectivity index (χ0) is 15.3. The summed E-state index contributed by atoms with van der Waals surface area (Å²) in [6.45, 7) is 0.460. The highest BCUT2D eigenvalue weighted by molar-refractivity contribution is 5.36. The number of nitrogens with one attached hydrogen (secondary N) is 1. The van der Waals surface area contributed by atoms with E-state index in [-0.39, 0.29) is 5.82 Å². The van der Waals surface area contributed by atoms with Crippen molar-refractivity contribution < 1.29 is 17.9 Å². The number of ether oxygens (including phenoxy) is 1. The van der Waals surface area contributed by atoms with Crippen LogP contribution in [-0.4, -0.2) is 23.6 Å². The molecule has 2 aromatic rings. The van der Waals surface area contributed by atoms with Gasteiger partial charge in [0.25, 0.3) is 0 Å². The third kappa shape index (κ3) is 4.34. The first-order chi connectivity index (χ1) is 9.99. The maximum Gasteiger partial charge on any atom is 0.433 e. The molecule has 2 rings (SSSR count). The van der Waals surface area contributed by atoms with Crippen LogP contribution in [0, 0.1) is 0 Å². The van der Waals surface area contributed by atoms with Gasteiger partial charge in [-0.25, -0.2) is 9.97 Å². The highest BCUT2D eigenvalue weighted by atomic mass is 19.4. The first kappa shape index (κ1) is 15.1.